The molecule has 1 aromatic carbocycles. The standard InChI is InChI=1S/C20H26N6O3S/c1-15-3-4-16-11-23-26(18(16)9-15)25-6-5-21-20(14-25)10-19(20)30(27,28)17-12-22-24(13-17)7-8-29-2/h3-4,9,11-13,19,21H,5-8,10,14H2,1-2H3. The topological polar surface area (TPSA) is 94.3 Å². The van der Waals surface area contributed by atoms with Gasteiger partial charge in [-0.15, -0.1) is 0 Å². The largest absolute Gasteiger partial charge is 0.383 e. The molecular weight excluding hydrogens is 404 g/mol. The van der Waals surface area contributed by atoms with Gasteiger partial charge in [0.2, 0.25) is 0 Å². The van der Waals surface area contributed by atoms with E-state index in [9.17, 15) is 8.42 Å². The fraction of sp³-hybridized carbons (Fsp3) is 0.500. The quantitative estimate of drug-likeness (QED) is 0.616. The smallest absolute Gasteiger partial charge is 0.186 e. The molecule has 1 N–H and O–H groups in total. The molecule has 2 unspecified atom stereocenters. The summed E-state index contributed by atoms with van der Waals surface area (Å²) >= 11 is 0. The van der Waals surface area contributed by atoms with Crippen LogP contribution < -0.4 is 10.3 Å². The van der Waals surface area contributed by atoms with Gasteiger partial charge in [0.1, 0.15) is 4.90 Å². The Bertz CT molecular complexity index is 1190. The number of hydrogen-bond donors (Lipinski definition) is 1. The predicted molar refractivity (Wildman–Crippen MR) is 113 cm³/mol. The van der Waals surface area contributed by atoms with E-state index in [1.807, 2.05) is 11.0 Å². The Balaban J connectivity index is 1.37. The van der Waals surface area contributed by atoms with Crippen molar-refractivity contribution < 1.29 is 13.2 Å². The summed E-state index contributed by atoms with van der Waals surface area (Å²) in [6, 6.07) is 6.26. The van der Waals surface area contributed by atoms with E-state index in [1.165, 1.54) is 11.8 Å². The first kappa shape index (κ1) is 19.5. The van der Waals surface area contributed by atoms with Crippen LogP contribution in [0, 0.1) is 6.92 Å². The third-order valence-electron chi connectivity index (χ3n) is 6.13. The van der Waals surface area contributed by atoms with E-state index in [2.05, 4.69) is 45.6 Å². The van der Waals surface area contributed by atoms with Gasteiger partial charge in [0, 0.05) is 31.8 Å². The van der Waals surface area contributed by atoms with E-state index in [1.54, 1.807) is 18.0 Å². The van der Waals surface area contributed by atoms with Crippen LogP contribution in [0.3, 0.4) is 0 Å². The van der Waals surface area contributed by atoms with Crippen molar-refractivity contribution in [1.29, 1.82) is 0 Å². The monoisotopic (exact) mass is 430 g/mol. The van der Waals surface area contributed by atoms with Crippen LogP contribution in [-0.4, -0.2) is 72.2 Å². The van der Waals surface area contributed by atoms with E-state index in [0.717, 1.165) is 17.4 Å². The molecule has 1 saturated carbocycles. The highest BCUT2D eigenvalue weighted by molar-refractivity contribution is 7.92. The number of methoxy groups -OCH3 is 1. The lowest BCUT2D eigenvalue weighted by Gasteiger charge is -2.36. The molecule has 1 aliphatic carbocycles. The molecule has 2 aromatic heterocycles. The van der Waals surface area contributed by atoms with Crippen LogP contribution in [0.1, 0.15) is 12.0 Å². The Hall–Kier alpha value is -2.43. The SMILES string of the molecule is COCCn1cc(S(=O)(=O)C2CC23CN(n2ncc4ccc(C)cc42)CCN3)cn1. The molecule has 9 nitrogen and oxygen atoms in total. The normalized spacial score (nSPS) is 24.1. The van der Waals surface area contributed by atoms with Crippen molar-refractivity contribution in [3.8, 4) is 0 Å². The first-order valence-corrected chi connectivity index (χ1v) is 11.7. The first-order chi connectivity index (χ1) is 14.4. The van der Waals surface area contributed by atoms with Gasteiger partial charge < -0.3 is 10.1 Å². The molecular formula is C20H26N6O3S. The number of rotatable bonds is 6. The minimum atomic E-state index is -3.46. The van der Waals surface area contributed by atoms with Crippen LogP contribution in [0.25, 0.3) is 10.9 Å². The van der Waals surface area contributed by atoms with E-state index >= 15 is 0 Å². The van der Waals surface area contributed by atoms with Crippen molar-refractivity contribution >= 4 is 20.7 Å². The maximum Gasteiger partial charge on any atom is 0.186 e. The zero-order valence-electron chi connectivity index (χ0n) is 17.2. The average Bonchev–Trinajstić information content (AvgIpc) is 3.09. The van der Waals surface area contributed by atoms with E-state index in [4.69, 9.17) is 4.74 Å². The number of aromatic nitrogens is 4. The summed E-state index contributed by atoms with van der Waals surface area (Å²) in [6.07, 6.45) is 5.50. The molecule has 2 aliphatic rings. The van der Waals surface area contributed by atoms with Crippen molar-refractivity contribution in [3.05, 3.63) is 42.4 Å². The zero-order valence-corrected chi connectivity index (χ0v) is 18.0. The highest BCUT2D eigenvalue weighted by Gasteiger charge is 2.63. The van der Waals surface area contributed by atoms with Crippen molar-refractivity contribution in [2.45, 2.75) is 35.6 Å². The molecule has 0 bridgehead atoms. The Kier molecular flexibility index (Phi) is 4.60. The summed E-state index contributed by atoms with van der Waals surface area (Å²) < 4.78 is 33.1. The molecule has 1 spiro atoms. The number of fused-ring (bicyclic) bond motifs is 1. The summed E-state index contributed by atoms with van der Waals surface area (Å²) in [5, 5.41) is 15.0. The van der Waals surface area contributed by atoms with Gasteiger partial charge in [-0.05, 0) is 25.0 Å². The number of hydrogen-bond acceptors (Lipinski definition) is 7. The Morgan fingerprint density at radius 3 is 3.00 bits per heavy atom. The summed E-state index contributed by atoms with van der Waals surface area (Å²) in [5.74, 6) is 0. The summed E-state index contributed by atoms with van der Waals surface area (Å²) in [7, 11) is -1.85. The molecule has 160 valence electrons. The minimum Gasteiger partial charge on any atom is -0.383 e. The van der Waals surface area contributed by atoms with E-state index < -0.39 is 20.6 Å². The highest BCUT2D eigenvalue weighted by atomic mass is 32.2. The van der Waals surface area contributed by atoms with Gasteiger partial charge in [-0.1, -0.05) is 12.1 Å². The highest BCUT2D eigenvalue weighted by Crippen LogP contribution is 2.46. The Labute approximate surface area is 175 Å². The predicted octanol–water partition coefficient (Wildman–Crippen LogP) is 0.714. The first-order valence-electron chi connectivity index (χ1n) is 10.1. The fourth-order valence-corrected chi connectivity index (χ4v) is 6.45. The summed E-state index contributed by atoms with van der Waals surface area (Å²) in [4.78, 5) is 2.20. The van der Waals surface area contributed by atoms with Crippen molar-refractivity contribution in [2.24, 2.45) is 0 Å². The van der Waals surface area contributed by atoms with Gasteiger partial charge in [-0.2, -0.15) is 15.0 Å². The number of benzene rings is 1. The second-order valence-corrected chi connectivity index (χ2v) is 10.4. The average molecular weight is 431 g/mol. The number of ether oxygens (including phenoxy) is 1. The van der Waals surface area contributed by atoms with Crippen LogP contribution in [0.2, 0.25) is 0 Å². The van der Waals surface area contributed by atoms with Gasteiger partial charge in [0.15, 0.2) is 9.84 Å². The minimum absolute atomic E-state index is 0.277. The maximum absolute atomic E-state index is 13.2. The van der Waals surface area contributed by atoms with E-state index in [0.29, 0.717) is 32.7 Å². The third kappa shape index (κ3) is 3.19. The van der Waals surface area contributed by atoms with Crippen molar-refractivity contribution in [1.82, 2.24) is 25.0 Å². The molecule has 3 aromatic rings. The van der Waals surface area contributed by atoms with Crippen molar-refractivity contribution in [3.63, 3.8) is 0 Å². The third-order valence-corrected chi connectivity index (χ3v) is 8.37. The molecule has 2 atom stereocenters. The fourth-order valence-electron chi connectivity index (χ4n) is 4.39. The van der Waals surface area contributed by atoms with Gasteiger partial charge in [-0.3, -0.25) is 9.69 Å². The number of nitrogens with zero attached hydrogens (tertiary/aromatic N) is 5. The van der Waals surface area contributed by atoms with Crippen LogP contribution in [0.4, 0.5) is 0 Å². The van der Waals surface area contributed by atoms with Crippen LogP contribution in [0.5, 0.6) is 0 Å². The van der Waals surface area contributed by atoms with Crippen molar-refractivity contribution in [2.75, 3.05) is 38.4 Å². The Morgan fingerprint density at radius 2 is 2.17 bits per heavy atom. The molecule has 5 rings (SSSR count). The number of nitrogens with one attached hydrogen (secondary N) is 1. The molecule has 1 aliphatic heterocycles. The molecule has 1 saturated heterocycles. The number of sulfone groups is 1. The van der Waals surface area contributed by atoms with Gasteiger partial charge in [0.25, 0.3) is 0 Å². The molecule has 30 heavy (non-hydrogen) atoms. The van der Waals surface area contributed by atoms with Crippen LogP contribution in [-0.2, 0) is 21.1 Å². The second kappa shape index (κ2) is 7.07. The summed E-state index contributed by atoms with van der Waals surface area (Å²) in [6.45, 7) is 5.16. The number of aryl methyl sites for hydroxylation is 1. The van der Waals surface area contributed by atoms with Gasteiger partial charge in [-0.25, -0.2) is 8.42 Å². The van der Waals surface area contributed by atoms with Crippen LogP contribution in [0.15, 0.2) is 41.7 Å². The molecule has 2 fully saturated rings. The lowest BCUT2D eigenvalue weighted by Crippen LogP contribution is -2.58. The summed E-state index contributed by atoms with van der Waals surface area (Å²) in [5.41, 5.74) is 1.77. The lowest BCUT2D eigenvalue weighted by atomic mass is 10.2. The van der Waals surface area contributed by atoms with Gasteiger partial charge in [0.05, 0.1) is 48.4 Å². The molecule has 3 heterocycles. The zero-order chi connectivity index (χ0) is 20.9. The number of piperazine rings is 1. The second-order valence-electron chi connectivity index (χ2n) is 8.24. The Morgan fingerprint density at radius 1 is 1.30 bits per heavy atom. The molecule has 10 heteroatoms. The molecule has 0 amide bonds. The van der Waals surface area contributed by atoms with Gasteiger partial charge >= 0.3 is 0 Å². The van der Waals surface area contributed by atoms with Crippen LogP contribution >= 0.6 is 0 Å². The molecule has 0 radical (unpaired) electrons. The maximum atomic E-state index is 13.2. The lowest BCUT2D eigenvalue weighted by molar-refractivity contribution is 0.183. The van der Waals surface area contributed by atoms with E-state index in [-0.39, 0.29) is 4.90 Å².